The predicted octanol–water partition coefficient (Wildman–Crippen LogP) is 2.19. The third-order valence-electron chi connectivity index (χ3n) is 4.44. The number of hydrogen-bond donors (Lipinski definition) is 2. The lowest BCUT2D eigenvalue weighted by Gasteiger charge is -2.31. The number of halogens is 5. The van der Waals surface area contributed by atoms with E-state index in [4.69, 9.17) is 0 Å². The minimum Gasteiger partial charge on any atom is -0.356 e. The topological polar surface area (TPSA) is 73.8 Å². The van der Waals surface area contributed by atoms with Gasteiger partial charge in [0.1, 0.15) is 11.6 Å². The zero-order chi connectivity index (χ0) is 20.9. The summed E-state index contributed by atoms with van der Waals surface area (Å²) in [5.41, 5.74) is -5.18. The van der Waals surface area contributed by atoms with Crippen LogP contribution in [-0.4, -0.2) is 50.9 Å². The standard InChI is InChI=1S/C16H21F5N4O2S/c1-22-15(24-10-12-8-13(17)2-3-14(12)18)23-9-11-4-6-25(7-5-11)28(26,27)16(19,20)21/h2-3,8,11H,4-7,9-10H2,1H3,(H2,22,23,24). The van der Waals surface area contributed by atoms with Crippen molar-refractivity contribution in [2.45, 2.75) is 24.9 Å². The molecule has 0 aliphatic carbocycles. The zero-order valence-electron chi connectivity index (χ0n) is 15.1. The predicted molar refractivity (Wildman–Crippen MR) is 93.8 cm³/mol. The van der Waals surface area contributed by atoms with E-state index in [1.807, 2.05) is 0 Å². The van der Waals surface area contributed by atoms with Gasteiger partial charge in [-0.25, -0.2) is 17.2 Å². The summed E-state index contributed by atoms with van der Waals surface area (Å²) in [7, 11) is -3.81. The first-order valence-electron chi connectivity index (χ1n) is 8.49. The molecule has 158 valence electrons. The third-order valence-corrected chi connectivity index (χ3v) is 6.07. The molecule has 6 nitrogen and oxygen atoms in total. The van der Waals surface area contributed by atoms with Gasteiger partial charge in [0.2, 0.25) is 0 Å². The van der Waals surface area contributed by atoms with Crippen LogP contribution in [-0.2, 0) is 16.6 Å². The minimum atomic E-state index is -5.30. The Hall–Kier alpha value is -1.95. The van der Waals surface area contributed by atoms with Crippen LogP contribution in [0.4, 0.5) is 22.0 Å². The molecule has 1 aliphatic rings. The Morgan fingerprint density at radius 3 is 2.43 bits per heavy atom. The Labute approximate surface area is 159 Å². The monoisotopic (exact) mass is 428 g/mol. The number of benzene rings is 1. The number of nitrogens with one attached hydrogen (secondary N) is 2. The molecule has 12 heteroatoms. The van der Waals surface area contributed by atoms with Gasteiger partial charge >= 0.3 is 15.5 Å². The van der Waals surface area contributed by atoms with E-state index in [0.717, 1.165) is 18.2 Å². The number of nitrogens with zero attached hydrogens (tertiary/aromatic N) is 2. The molecule has 0 amide bonds. The van der Waals surface area contributed by atoms with E-state index >= 15 is 0 Å². The number of sulfonamides is 1. The summed E-state index contributed by atoms with van der Waals surface area (Å²) in [6.07, 6.45) is 0.523. The van der Waals surface area contributed by atoms with Gasteiger partial charge in [-0.3, -0.25) is 4.99 Å². The van der Waals surface area contributed by atoms with E-state index < -0.39 is 27.2 Å². The van der Waals surface area contributed by atoms with Crippen molar-refractivity contribution in [2.24, 2.45) is 10.9 Å². The van der Waals surface area contributed by atoms with Gasteiger partial charge in [0, 0.05) is 38.8 Å². The second kappa shape index (κ2) is 9.03. The van der Waals surface area contributed by atoms with Crippen molar-refractivity contribution in [3.63, 3.8) is 0 Å². The molecule has 0 unspecified atom stereocenters. The molecule has 0 spiro atoms. The Morgan fingerprint density at radius 2 is 1.86 bits per heavy atom. The second-order valence-corrected chi connectivity index (χ2v) is 8.27. The number of hydrogen-bond acceptors (Lipinski definition) is 3. The van der Waals surface area contributed by atoms with Crippen LogP contribution in [0.1, 0.15) is 18.4 Å². The summed E-state index contributed by atoms with van der Waals surface area (Å²) < 4.78 is 87.8. The van der Waals surface area contributed by atoms with E-state index in [0.29, 0.717) is 16.8 Å². The van der Waals surface area contributed by atoms with Crippen LogP contribution in [0.25, 0.3) is 0 Å². The SMILES string of the molecule is CN=C(NCc1cc(F)ccc1F)NCC1CCN(S(=O)(=O)C(F)(F)F)CC1. The lowest BCUT2D eigenvalue weighted by atomic mass is 9.98. The van der Waals surface area contributed by atoms with Crippen LogP contribution >= 0.6 is 0 Å². The van der Waals surface area contributed by atoms with E-state index in [-0.39, 0.29) is 44.0 Å². The fraction of sp³-hybridized carbons (Fsp3) is 0.562. The summed E-state index contributed by atoms with van der Waals surface area (Å²) >= 11 is 0. The van der Waals surface area contributed by atoms with E-state index in [9.17, 15) is 30.4 Å². The maximum absolute atomic E-state index is 13.6. The fourth-order valence-electron chi connectivity index (χ4n) is 2.82. The number of piperidine rings is 1. The van der Waals surface area contributed by atoms with Gasteiger partial charge in [0.25, 0.3) is 0 Å². The smallest absolute Gasteiger partial charge is 0.356 e. The first-order chi connectivity index (χ1) is 13.0. The summed E-state index contributed by atoms with van der Waals surface area (Å²) in [6.45, 7) is -0.0831. The first-order valence-corrected chi connectivity index (χ1v) is 9.93. The summed E-state index contributed by atoms with van der Waals surface area (Å²) in [5.74, 6) is -0.873. The van der Waals surface area contributed by atoms with Crippen LogP contribution in [0.3, 0.4) is 0 Å². The van der Waals surface area contributed by atoms with Gasteiger partial charge in [0.05, 0.1) is 0 Å². The summed E-state index contributed by atoms with van der Waals surface area (Å²) in [5, 5.41) is 5.78. The van der Waals surface area contributed by atoms with Gasteiger partial charge < -0.3 is 10.6 Å². The lowest BCUT2D eigenvalue weighted by molar-refractivity contribution is -0.0496. The Bertz CT molecular complexity index is 806. The van der Waals surface area contributed by atoms with Crippen molar-refractivity contribution < 1.29 is 30.4 Å². The highest BCUT2D eigenvalue weighted by atomic mass is 32.2. The normalized spacial score (nSPS) is 17.6. The van der Waals surface area contributed by atoms with E-state index in [2.05, 4.69) is 15.6 Å². The quantitative estimate of drug-likeness (QED) is 0.429. The molecule has 28 heavy (non-hydrogen) atoms. The van der Waals surface area contributed by atoms with Gasteiger partial charge in [-0.05, 0) is 37.0 Å². The molecule has 1 aromatic carbocycles. The average Bonchev–Trinajstić information content (AvgIpc) is 2.64. The average molecular weight is 428 g/mol. The molecule has 1 fully saturated rings. The van der Waals surface area contributed by atoms with Crippen molar-refractivity contribution in [3.05, 3.63) is 35.4 Å². The third kappa shape index (κ3) is 5.53. The van der Waals surface area contributed by atoms with Gasteiger partial charge in [-0.2, -0.15) is 17.5 Å². The molecule has 0 bridgehead atoms. The van der Waals surface area contributed by atoms with Crippen molar-refractivity contribution >= 4 is 16.0 Å². The Morgan fingerprint density at radius 1 is 1.21 bits per heavy atom. The second-order valence-electron chi connectivity index (χ2n) is 6.34. The number of guanidine groups is 1. The molecular formula is C16H21F5N4O2S. The molecule has 0 aromatic heterocycles. The maximum Gasteiger partial charge on any atom is 0.511 e. The van der Waals surface area contributed by atoms with Crippen LogP contribution < -0.4 is 10.6 Å². The fourth-order valence-corrected chi connectivity index (χ4v) is 3.80. The highest BCUT2D eigenvalue weighted by molar-refractivity contribution is 7.90. The molecule has 0 saturated carbocycles. The molecule has 1 heterocycles. The van der Waals surface area contributed by atoms with Gasteiger partial charge in [-0.15, -0.1) is 0 Å². The van der Waals surface area contributed by atoms with Crippen LogP contribution in [0.15, 0.2) is 23.2 Å². The highest BCUT2D eigenvalue weighted by Gasteiger charge is 2.50. The zero-order valence-corrected chi connectivity index (χ0v) is 15.9. The number of alkyl halides is 3. The molecule has 1 aliphatic heterocycles. The van der Waals surface area contributed by atoms with Crippen molar-refractivity contribution in [2.75, 3.05) is 26.7 Å². The molecule has 2 N–H and O–H groups in total. The first kappa shape index (κ1) is 22.3. The Kier molecular flexibility index (Phi) is 7.21. The van der Waals surface area contributed by atoms with E-state index in [1.165, 1.54) is 7.05 Å². The molecule has 2 rings (SSSR count). The number of rotatable bonds is 5. The molecular weight excluding hydrogens is 407 g/mol. The van der Waals surface area contributed by atoms with Gasteiger partial charge in [-0.1, -0.05) is 0 Å². The molecule has 0 radical (unpaired) electrons. The minimum absolute atomic E-state index is 0.00840. The van der Waals surface area contributed by atoms with Gasteiger partial charge in [0.15, 0.2) is 5.96 Å². The molecule has 0 atom stereocenters. The number of aliphatic imine (C=N–C) groups is 1. The largest absolute Gasteiger partial charge is 0.511 e. The highest BCUT2D eigenvalue weighted by Crippen LogP contribution is 2.30. The maximum atomic E-state index is 13.6. The Balaban J connectivity index is 1.81. The van der Waals surface area contributed by atoms with Crippen LogP contribution in [0.5, 0.6) is 0 Å². The van der Waals surface area contributed by atoms with E-state index in [1.54, 1.807) is 0 Å². The lowest BCUT2D eigenvalue weighted by Crippen LogP contribution is -2.47. The van der Waals surface area contributed by atoms with Crippen LogP contribution in [0.2, 0.25) is 0 Å². The molecule has 1 aromatic rings. The van der Waals surface area contributed by atoms with Crippen LogP contribution in [0, 0.1) is 17.6 Å². The van der Waals surface area contributed by atoms with Crippen molar-refractivity contribution in [1.29, 1.82) is 0 Å². The van der Waals surface area contributed by atoms with Crippen molar-refractivity contribution in [3.8, 4) is 0 Å². The van der Waals surface area contributed by atoms with Crippen molar-refractivity contribution in [1.82, 2.24) is 14.9 Å². The molecule has 1 saturated heterocycles. The summed E-state index contributed by atoms with van der Waals surface area (Å²) in [6, 6.07) is 3.09. The summed E-state index contributed by atoms with van der Waals surface area (Å²) in [4.78, 5) is 3.95.